The summed E-state index contributed by atoms with van der Waals surface area (Å²) in [6.45, 7) is 2.92. The predicted molar refractivity (Wildman–Crippen MR) is 161 cm³/mol. The zero-order chi connectivity index (χ0) is 33.4. The number of benzene rings is 2. The maximum absolute atomic E-state index is 13.2. The minimum atomic E-state index is -1.87. The lowest BCUT2D eigenvalue weighted by Gasteiger charge is -2.28. The van der Waals surface area contributed by atoms with E-state index in [4.69, 9.17) is 15.6 Å². The van der Waals surface area contributed by atoms with Crippen molar-refractivity contribution in [2.45, 2.75) is 44.8 Å². The summed E-state index contributed by atoms with van der Waals surface area (Å²) in [5, 5.41) is 28.6. The number of aromatic nitrogens is 2. The van der Waals surface area contributed by atoms with Crippen LogP contribution in [-0.4, -0.2) is 92.6 Å². The van der Waals surface area contributed by atoms with Crippen LogP contribution >= 0.6 is 0 Å². The fraction of sp³-hybridized carbons (Fsp3) is 0.367. The molecule has 0 fully saturated rings. The third kappa shape index (κ3) is 8.41. The minimum Gasteiger partial charge on any atom is -0.481 e. The van der Waals surface area contributed by atoms with Crippen molar-refractivity contribution in [3.05, 3.63) is 63.9 Å². The van der Waals surface area contributed by atoms with Gasteiger partial charge in [0, 0.05) is 37.8 Å². The Labute approximate surface area is 257 Å². The molecule has 0 aliphatic rings. The van der Waals surface area contributed by atoms with Crippen molar-refractivity contribution in [3.8, 4) is 6.01 Å². The van der Waals surface area contributed by atoms with Crippen LogP contribution in [-0.2, 0) is 25.7 Å². The van der Waals surface area contributed by atoms with Crippen LogP contribution in [0.1, 0.15) is 42.1 Å². The summed E-state index contributed by atoms with van der Waals surface area (Å²) < 4.78 is 5.01. The molecule has 3 rings (SSSR count). The van der Waals surface area contributed by atoms with Gasteiger partial charge in [-0.2, -0.15) is 4.98 Å². The number of nitrogens with zero attached hydrogens (tertiary/aromatic N) is 3. The number of nitrogens with two attached hydrogens (primary N) is 1. The second-order valence-corrected chi connectivity index (χ2v) is 10.3. The van der Waals surface area contributed by atoms with Crippen LogP contribution in [0.3, 0.4) is 0 Å². The number of H-pyrrole nitrogens is 1. The Kier molecular flexibility index (Phi) is 11.3. The van der Waals surface area contributed by atoms with E-state index in [2.05, 4.69) is 9.97 Å². The number of likely N-dealkylation sites (N-methyl/N-ethyl adjacent to an activating group) is 1. The number of methoxy groups -OCH3 is 1. The second kappa shape index (κ2) is 14.9. The molecule has 15 nitrogen and oxygen atoms in total. The summed E-state index contributed by atoms with van der Waals surface area (Å²) in [7, 11) is 2.59. The van der Waals surface area contributed by atoms with Gasteiger partial charge in [0.2, 0.25) is 0 Å². The summed E-state index contributed by atoms with van der Waals surface area (Å²) in [5.41, 5.74) is 7.52. The summed E-state index contributed by atoms with van der Waals surface area (Å²) in [4.78, 5) is 82.7. The first-order valence-corrected chi connectivity index (χ1v) is 13.9. The largest absolute Gasteiger partial charge is 0.481 e. The number of carboxylic acid groups (broad SMARTS) is 3. The van der Waals surface area contributed by atoms with Gasteiger partial charge in [0.1, 0.15) is 12.0 Å². The first-order chi connectivity index (χ1) is 21.3. The number of carbonyl (C=O) groups is 5. The number of ether oxygens (including phenoxy) is 1. The number of carboxylic acids is 3. The third-order valence-electron chi connectivity index (χ3n) is 7.38. The van der Waals surface area contributed by atoms with E-state index in [9.17, 15) is 39.0 Å². The molecule has 0 bridgehead atoms. The van der Waals surface area contributed by atoms with Gasteiger partial charge in [-0.1, -0.05) is 6.07 Å². The smallest absolute Gasteiger partial charge is 0.326 e. The number of hydrogen-bond acceptors (Lipinski definition) is 10. The van der Waals surface area contributed by atoms with Crippen molar-refractivity contribution >= 4 is 46.2 Å². The Hall–Kier alpha value is -5.31. The molecular formula is C30H35N5O10. The monoisotopic (exact) mass is 625 g/mol. The van der Waals surface area contributed by atoms with Gasteiger partial charge >= 0.3 is 17.9 Å². The number of carbonyl (C=O) groups excluding carboxylic acids is 2. The van der Waals surface area contributed by atoms with Crippen molar-refractivity contribution in [1.82, 2.24) is 14.9 Å². The van der Waals surface area contributed by atoms with Crippen LogP contribution in [0.2, 0.25) is 0 Å². The Morgan fingerprint density at radius 3 is 2.24 bits per heavy atom. The van der Waals surface area contributed by atoms with E-state index in [0.29, 0.717) is 24.0 Å². The Bertz CT molecular complexity index is 1640. The SMILES string of the molecule is CCN(Cc1ccc2nc(OC)[nH]c(=O)c2c1)c1ccc(C(=O)N(C)[C@@H](CC(C(=O)O)C(=O)[C@@H](N)CCC(=O)O)C(=O)O)cc1. The van der Waals surface area contributed by atoms with E-state index in [1.807, 2.05) is 17.9 Å². The molecule has 1 aromatic heterocycles. The van der Waals surface area contributed by atoms with Gasteiger partial charge in [-0.15, -0.1) is 0 Å². The molecule has 0 spiro atoms. The normalized spacial score (nSPS) is 13.0. The topological polar surface area (TPSA) is 234 Å². The zero-order valence-electron chi connectivity index (χ0n) is 24.9. The molecule has 45 heavy (non-hydrogen) atoms. The molecule has 3 aromatic rings. The van der Waals surface area contributed by atoms with Crippen molar-refractivity contribution < 1.29 is 44.0 Å². The molecule has 0 radical (unpaired) electrons. The van der Waals surface area contributed by atoms with Crippen LogP contribution in [0.25, 0.3) is 10.9 Å². The molecule has 15 heteroatoms. The highest BCUT2D eigenvalue weighted by Crippen LogP contribution is 2.22. The average Bonchev–Trinajstić information content (AvgIpc) is 3.01. The first kappa shape index (κ1) is 34.2. The highest BCUT2D eigenvalue weighted by molar-refractivity contribution is 6.02. The maximum atomic E-state index is 13.2. The predicted octanol–water partition coefficient (Wildman–Crippen LogP) is 1.34. The van der Waals surface area contributed by atoms with E-state index in [-0.39, 0.29) is 23.6 Å². The van der Waals surface area contributed by atoms with Gasteiger partial charge in [-0.25, -0.2) is 4.79 Å². The number of nitrogens with one attached hydrogen (secondary N) is 1. The van der Waals surface area contributed by atoms with E-state index in [1.165, 1.54) is 26.3 Å². The number of Topliss-reactive ketones (excluding diaryl/α,β-unsaturated/α-hetero) is 1. The average molecular weight is 626 g/mol. The minimum absolute atomic E-state index is 0.109. The van der Waals surface area contributed by atoms with Crippen LogP contribution in [0, 0.1) is 5.92 Å². The van der Waals surface area contributed by atoms with Crippen molar-refractivity contribution in [2.24, 2.45) is 11.7 Å². The lowest BCUT2D eigenvalue weighted by molar-refractivity contribution is -0.149. The molecule has 1 unspecified atom stereocenters. The van der Waals surface area contributed by atoms with Crippen LogP contribution < -0.4 is 20.9 Å². The second-order valence-electron chi connectivity index (χ2n) is 10.3. The quantitative estimate of drug-likeness (QED) is 0.142. The molecule has 0 saturated carbocycles. The molecule has 0 aliphatic carbocycles. The Morgan fingerprint density at radius 2 is 1.69 bits per heavy atom. The van der Waals surface area contributed by atoms with E-state index >= 15 is 0 Å². The Morgan fingerprint density at radius 1 is 1.02 bits per heavy atom. The molecule has 1 amide bonds. The number of aliphatic carboxylic acids is 3. The molecule has 240 valence electrons. The number of amides is 1. The molecule has 3 atom stereocenters. The number of fused-ring (bicyclic) bond motifs is 1. The van der Waals surface area contributed by atoms with Gasteiger partial charge in [-0.05, 0) is 61.7 Å². The summed E-state index contributed by atoms with van der Waals surface area (Å²) in [6, 6.07) is 8.62. The number of rotatable bonds is 16. The number of hydrogen-bond donors (Lipinski definition) is 5. The summed E-state index contributed by atoms with van der Waals surface area (Å²) in [6.07, 6.45) is -1.55. The number of ketones is 1. The van der Waals surface area contributed by atoms with Gasteiger partial charge < -0.3 is 35.6 Å². The lowest BCUT2D eigenvalue weighted by atomic mass is 9.89. The fourth-order valence-corrected chi connectivity index (χ4v) is 4.79. The zero-order valence-corrected chi connectivity index (χ0v) is 24.9. The standard InChI is InChI=1S/C30H35N5O10/c1-4-35(15-16-5-11-22-19(13-16)26(39)33-30(32-22)45-3)18-8-6-17(7-9-18)27(40)34(2)23(29(43)44)14-20(28(41)42)25(38)21(31)10-12-24(36)37/h5-9,11,13,20-21,23H,4,10,12,14-15,31H2,1-3H3,(H,36,37)(H,41,42)(H,43,44)(H,32,33,39)/t20?,21-,23-/m0/s1. The van der Waals surface area contributed by atoms with Gasteiger partial charge in [0.05, 0.1) is 24.1 Å². The van der Waals surface area contributed by atoms with Crippen molar-refractivity contribution in [1.29, 1.82) is 0 Å². The van der Waals surface area contributed by atoms with Crippen molar-refractivity contribution in [2.75, 3.05) is 25.6 Å². The summed E-state index contributed by atoms with van der Waals surface area (Å²) >= 11 is 0. The molecule has 1 heterocycles. The highest BCUT2D eigenvalue weighted by atomic mass is 16.5. The maximum Gasteiger partial charge on any atom is 0.326 e. The fourth-order valence-electron chi connectivity index (χ4n) is 4.79. The van der Waals surface area contributed by atoms with Crippen LogP contribution in [0.4, 0.5) is 5.69 Å². The van der Waals surface area contributed by atoms with Gasteiger partial charge in [0.15, 0.2) is 5.78 Å². The number of aromatic amines is 1. The lowest BCUT2D eigenvalue weighted by Crippen LogP contribution is -2.47. The summed E-state index contributed by atoms with van der Waals surface area (Å²) in [5.74, 6) is -7.99. The first-order valence-electron chi connectivity index (χ1n) is 13.9. The van der Waals surface area contributed by atoms with E-state index in [1.54, 1.807) is 24.3 Å². The molecule has 2 aromatic carbocycles. The van der Waals surface area contributed by atoms with Gasteiger partial charge in [-0.3, -0.25) is 29.0 Å². The molecule has 0 saturated heterocycles. The Balaban J connectivity index is 1.76. The van der Waals surface area contributed by atoms with E-state index < -0.39 is 60.4 Å². The van der Waals surface area contributed by atoms with Crippen LogP contribution in [0.15, 0.2) is 47.3 Å². The van der Waals surface area contributed by atoms with Crippen molar-refractivity contribution in [3.63, 3.8) is 0 Å². The van der Waals surface area contributed by atoms with E-state index in [0.717, 1.165) is 16.2 Å². The third-order valence-corrected chi connectivity index (χ3v) is 7.38. The molecule has 6 N–H and O–H groups in total. The van der Waals surface area contributed by atoms with Crippen LogP contribution in [0.5, 0.6) is 6.01 Å². The molecular weight excluding hydrogens is 590 g/mol. The highest BCUT2D eigenvalue weighted by Gasteiger charge is 2.38. The van der Waals surface area contributed by atoms with Gasteiger partial charge in [0.25, 0.3) is 17.5 Å². The molecule has 0 aliphatic heterocycles. The number of anilines is 1.